The first kappa shape index (κ1) is 19.1. The van der Waals surface area contributed by atoms with Crippen LogP contribution in [0.15, 0.2) is 54.6 Å². The number of nitrogens with zero attached hydrogens (tertiary/aromatic N) is 2. The van der Waals surface area contributed by atoms with Crippen LogP contribution in [0.4, 0.5) is 4.39 Å². The van der Waals surface area contributed by atoms with E-state index in [1.807, 2.05) is 23.1 Å². The summed E-state index contributed by atoms with van der Waals surface area (Å²) in [4.78, 5) is 17.6. The summed E-state index contributed by atoms with van der Waals surface area (Å²) in [7, 11) is 0. The maximum absolute atomic E-state index is 13.3. The van der Waals surface area contributed by atoms with Gasteiger partial charge in [0.2, 0.25) is 5.91 Å². The Kier molecular flexibility index (Phi) is 5.47. The molecule has 1 saturated heterocycles. The Morgan fingerprint density at radius 3 is 2.43 bits per heavy atom. The molecule has 1 saturated carbocycles. The van der Waals surface area contributed by atoms with Gasteiger partial charge in [0.15, 0.2) is 0 Å². The van der Waals surface area contributed by atoms with Gasteiger partial charge in [0.05, 0.1) is 5.41 Å². The Morgan fingerprint density at radius 2 is 1.79 bits per heavy atom. The third kappa shape index (κ3) is 3.82. The molecule has 2 aromatic rings. The molecule has 0 aromatic heterocycles. The smallest absolute Gasteiger partial charge is 0.233 e. The number of carbonyl (C=O) groups excluding carboxylic acids is 1. The Morgan fingerprint density at radius 1 is 1.07 bits per heavy atom. The van der Waals surface area contributed by atoms with E-state index in [1.165, 1.54) is 12.1 Å². The van der Waals surface area contributed by atoms with Crippen molar-refractivity contribution in [2.24, 2.45) is 0 Å². The number of piperazine rings is 1. The topological polar surface area (TPSA) is 43.8 Å². The fourth-order valence-corrected chi connectivity index (χ4v) is 4.34. The Hall–Kier alpha value is -2.24. The van der Waals surface area contributed by atoms with Crippen molar-refractivity contribution in [3.63, 3.8) is 0 Å². The Bertz CT molecular complexity index is 805. The van der Waals surface area contributed by atoms with Crippen LogP contribution in [0.3, 0.4) is 0 Å². The molecule has 28 heavy (non-hydrogen) atoms. The average molecular weight is 382 g/mol. The number of aliphatic hydroxyl groups is 1. The molecule has 0 bridgehead atoms. The molecule has 0 radical (unpaired) electrons. The van der Waals surface area contributed by atoms with Gasteiger partial charge >= 0.3 is 0 Å². The van der Waals surface area contributed by atoms with E-state index in [9.17, 15) is 14.3 Å². The maximum Gasteiger partial charge on any atom is 0.233 e. The Labute approximate surface area is 165 Å². The van der Waals surface area contributed by atoms with Crippen LogP contribution in [-0.4, -0.2) is 53.1 Å². The van der Waals surface area contributed by atoms with Crippen LogP contribution in [-0.2, 0) is 16.8 Å². The lowest BCUT2D eigenvalue weighted by Crippen LogP contribution is -2.56. The highest BCUT2D eigenvalue weighted by Gasteiger charge is 2.53. The molecule has 2 aliphatic rings. The van der Waals surface area contributed by atoms with E-state index in [4.69, 9.17) is 0 Å². The van der Waals surface area contributed by atoms with Crippen molar-refractivity contribution < 1.29 is 14.3 Å². The zero-order chi connectivity index (χ0) is 19.6. The molecule has 1 amide bonds. The summed E-state index contributed by atoms with van der Waals surface area (Å²) >= 11 is 0. The first-order valence-electron chi connectivity index (χ1n) is 10.1. The van der Waals surface area contributed by atoms with Gasteiger partial charge in [0.1, 0.15) is 5.82 Å². The van der Waals surface area contributed by atoms with E-state index in [0.29, 0.717) is 26.1 Å². The molecular weight excluding hydrogens is 355 g/mol. The maximum atomic E-state index is 13.3. The summed E-state index contributed by atoms with van der Waals surface area (Å²) in [6.45, 7) is 2.89. The first-order valence-corrected chi connectivity index (χ1v) is 10.1. The second-order valence-corrected chi connectivity index (χ2v) is 7.96. The lowest BCUT2D eigenvalue weighted by molar-refractivity contribution is -0.137. The lowest BCUT2D eigenvalue weighted by Gasteiger charge is -2.42. The molecule has 1 aliphatic carbocycles. The second-order valence-electron chi connectivity index (χ2n) is 7.96. The van der Waals surface area contributed by atoms with E-state index in [2.05, 4.69) is 17.0 Å². The molecule has 0 spiro atoms. The molecule has 1 N–H and O–H groups in total. The van der Waals surface area contributed by atoms with Gasteiger partial charge in [0.25, 0.3) is 0 Å². The number of halogens is 1. The molecule has 0 unspecified atom stereocenters. The second kappa shape index (κ2) is 8.02. The molecule has 1 heterocycles. The highest BCUT2D eigenvalue weighted by atomic mass is 19.1. The summed E-state index contributed by atoms with van der Waals surface area (Å²) in [6, 6.07) is 16.8. The monoisotopic (exact) mass is 382 g/mol. The van der Waals surface area contributed by atoms with Crippen molar-refractivity contribution in [2.75, 3.05) is 26.2 Å². The van der Waals surface area contributed by atoms with Gasteiger partial charge in [-0.25, -0.2) is 4.39 Å². The van der Waals surface area contributed by atoms with E-state index >= 15 is 0 Å². The summed E-state index contributed by atoms with van der Waals surface area (Å²) in [6.07, 6.45) is 2.45. The van der Waals surface area contributed by atoms with Crippen LogP contribution in [0.5, 0.6) is 0 Å². The van der Waals surface area contributed by atoms with Crippen molar-refractivity contribution in [1.29, 1.82) is 0 Å². The Balaban J connectivity index is 1.45. The molecule has 5 heteroatoms. The number of rotatable bonds is 6. The fourth-order valence-electron chi connectivity index (χ4n) is 4.34. The quantitative estimate of drug-likeness (QED) is 0.835. The van der Waals surface area contributed by atoms with Gasteiger partial charge in [-0.2, -0.15) is 0 Å². The summed E-state index contributed by atoms with van der Waals surface area (Å²) < 4.78 is 13.2. The normalized spacial score (nSPS) is 21.5. The largest absolute Gasteiger partial charge is 0.396 e. The highest BCUT2D eigenvalue weighted by molar-refractivity contribution is 5.91. The fraction of sp³-hybridized carbons (Fsp3) is 0.435. The van der Waals surface area contributed by atoms with Gasteiger partial charge in [0, 0.05) is 38.8 Å². The zero-order valence-electron chi connectivity index (χ0n) is 16.1. The van der Waals surface area contributed by atoms with Gasteiger partial charge in [-0.15, -0.1) is 0 Å². The zero-order valence-corrected chi connectivity index (χ0v) is 16.1. The van der Waals surface area contributed by atoms with Crippen molar-refractivity contribution in [2.45, 2.75) is 37.3 Å². The molecule has 148 valence electrons. The number of aliphatic hydroxyl groups excluding tert-OH is 1. The average Bonchev–Trinajstić information content (AvgIpc) is 3.53. The number of hydrogen-bond acceptors (Lipinski definition) is 3. The van der Waals surface area contributed by atoms with Crippen molar-refractivity contribution in [3.05, 3.63) is 71.5 Å². The predicted octanol–water partition coefficient (Wildman–Crippen LogP) is 2.95. The lowest BCUT2D eigenvalue weighted by atomic mass is 9.93. The number of amides is 1. The van der Waals surface area contributed by atoms with Crippen LogP contribution in [0.25, 0.3) is 0 Å². The van der Waals surface area contributed by atoms with E-state index < -0.39 is 0 Å². The molecule has 1 atom stereocenters. The van der Waals surface area contributed by atoms with Crippen molar-refractivity contribution >= 4 is 5.91 Å². The van der Waals surface area contributed by atoms with E-state index in [-0.39, 0.29) is 29.8 Å². The van der Waals surface area contributed by atoms with Crippen LogP contribution < -0.4 is 0 Å². The van der Waals surface area contributed by atoms with Gasteiger partial charge in [-0.3, -0.25) is 9.69 Å². The molecular formula is C23H27FN2O2. The third-order valence-electron chi connectivity index (χ3n) is 6.14. The molecule has 1 aliphatic heterocycles. The molecule has 2 fully saturated rings. The predicted molar refractivity (Wildman–Crippen MR) is 106 cm³/mol. The van der Waals surface area contributed by atoms with Gasteiger partial charge < -0.3 is 10.0 Å². The first-order chi connectivity index (χ1) is 13.6. The van der Waals surface area contributed by atoms with Gasteiger partial charge in [-0.05, 0) is 42.5 Å². The van der Waals surface area contributed by atoms with Crippen LogP contribution in [0.2, 0.25) is 0 Å². The van der Waals surface area contributed by atoms with Gasteiger partial charge in [-0.1, -0.05) is 42.5 Å². The van der Waals surface area contributed by atoms with Crippen LogP contribution in [0.1, 0.15) is 30.4 Å². The van der Waals surface area contributed by atoms with Crippen molar-refractivity contribution in [3.8, 4) is 0 Å². The minimum Gasteiger partial charge on any atom is -0.396 e. The standard InChI is InChI=1S/C23H27FN2O2/c24-20-8-6-18(7-9-20)16-25-13-14-26(17-21(25)10-15-27)22(28)23(11-12-23)19-4-2-1-3-5-19/h1-9,21,27H,10-17H2/t21-/m0/s1. The molecule has 4 rings (SSSR count). The summed E-state index contributed by atoms with van der Waals surface area (Å²) in [5.74, 6) is -0.00945. The van der Waals surface area contributed by atoms with E-state index in [1.54, 1.807) is 12.1 Å². The number of hydrogen-bond donors (Lipinski definition) is 1. The number of benzene rings is 2. The van der Waals surface area contributed by atoms with Crippen LogP contribution in [0, 0.1) is 5.82 Å². The van der Waals surface area contributed by atoms with Crippen molar-refractivity contribution in [1.82, 2.24) is 9.80 Å². The molecule has 2 aromatic carbocycles. The van der Waals surface area contributed by atoms with E-state index in [0.717, 1.165) is 30.5 Å². The minimum absolute atomic E-state index is 0.0937. The third-order valence-corrected chi connectivity index (χ3v) is 6.14. The number of carbonyl (C=O) groups is 1. The molecule has 4 nitrogen and oxygen atoms in total. The summed E-state index contributed by atoms with van der Waals surface area (Å²) in [5.41, 5.74) is 1.82. The summed E-state index contributed by atoms with van der Waals surface area (Å²) in [5, 5.41) is 9.53. The van der Waals surface area contributed by atoms with Crippen LogP contribution >= 0.6 is 0 Å². The SMILES string of the molecule is O=C(N1CCN(Cc2ccc(F)cc2)[C@@H](CCO)C1)C1(c2ccccc2)CC1. The minimum atomic E-state index is -0.343. The highest BCUT2D eigenvalue weighted by Crippen LogP contribution is 2.49.